The van der Waals surface area contributed by atoms with Crippen LogP contribution < -0.4 is 0 Å². The number of piperidine rings is 2. The maximum Gasteiger partial charge on any atom is 0.268 e. The summed E-state index contributed by atoms with van der Waals surface area (Å²) in [6.45, 7) is 0.527. The Bertz CT molecular complexity index is 230. The maximum absolute atomic E-state index is 13.3. The Hall–Kier alpha value is -0.670. The largest absolute Gasteiger partial charge is 0.334 e. The molecule has 0 bridgehead atoms. The van der Waals surface area contributed by atoms with Gasteiger partial charge in [0.1, 0.15) is 0 Å². The summed E-state index contributed by atoms with van der Waals surface area (Å²) in [4.78, 5) is 12.7. The smallest absolute Gasteiger partial charge is 0.268 e. The third-order valence-electron chi connectivity index (χ3n) is 2.98. The highest BCUT2D eigenvalue weighted by atomic mass is 19.3. The lowest BCUT2D eigenvalue weighted by Crippen LogP contribution is -2.56. The average molecular weight is 189 g/mol. The topological polar surface area (TPSA) is 20.3 Å². The Labute approximate surface area is 75.9 Å². The SMILES string of the molecule is O=C1CCC(F)(F)C2CCCCN12. The lowest BCUT2D eigenvalue weighted by molar-refractivity contribution is -0.164. The van der Waals surface area contributed by atoms with Crippen molar-refractivity contribution in [2.45, 2.75) is 44.1 Å². The van der Waals surface area contributed by atoms with Gasteiger partial charge in [-0.3, -0.25) is 4.79 Å². The van der Waals surface area contributed by atoms with Crippen molar-refractivity contribution >= 4 is 5.91 Å². The van der Waals surface area contributed by atoms with Crippen molar-refractivity contribution in [2.24, 2.45) is 0 Å². The molecule has 2 saturated heterocycles. The van der Waals surface area contributed by atoms with Crippen molar-refractivity contribution in [1.82, 2.24) is 4.90 Å². The van der Waals surface area contributed by atoms with Crippen LogP contribution in [0, 0.1) is 0 Å². The van der Waals surface area contributed by atoms with Crippen LogP contribution in [0.15, 0.2) is 0 Å². The van der Waals surface area contributed by atoms with Crippen LogP contribution in [-0.4, -0.2) is 29.3 Å². The van der Waals surface area contributed by atoms with E-state index in [1.807, 2.05) is 0 Å². The van der Waals surface area contributed by atoms with Crippen LogP contribution in [0.3, 0.4) is 0 Å². The van der Waals surface area contributed by atoms with E-state index in [1.165, 1.54) is 4.90 Å². The molecule has 2 aliphatic heterocycles. The van der Waals surface area contributed by atoms with E-state index in [9.17, 15) is 13.6 Å². The zero-order valence-corrected chi connectivity index (χ0v) is 7.43. The van der Waals surface area contributed by atoms with Gasteiger partial charge in [-0.25, -0.2) is 8.78 Å². The standard InChI is InChI=1S/C9H13F2NO/c10-9(11)5-4-8(13)12-6-2-1-3-7(9)12/h7H,1-6H2. The molecule has 1 amide bonds. The van der Waals surface area contributed by atoms with Crippen molar-refractivity contribution < 1.29 is 13.6 Å². The van der Waals surface area contributed by atoms with Crippen LogP contribution in [0.5, 0.6) is 0 Å². The molecule has 1 atom stereocenters. The van der Waals surface area contributed by atoms with Crippen LogP contribution in [0.25, 0.3) is 0 Å². The van der Waals surface area contributed by atoms with E-state index < -0.39 is 12.0 Å². The Morgan fingerprint density at radius 2 is 2.15 bits per heavy atom. The lowest BCUT2D eigenvalue weighted by Gasteiger charge is -2.43. The minimum absolute atomic E-state index is 0.0174. The molecule has 2 heterocycles. The third kappa shape index (κ3) is 1.42. The molecule has 0 aromatic carbocycles. The summed E-state index contributed by atoms with van der Waals surface area (Å²) < 4.78 is 26.6. The van der Waals surface area contributed by atoms with Crippen molar-refractivity contribution in [1.29, 1.82) is 0 Å². The molecular formula is C9H13F2NO. The molecule has 0 radical (unpaired) electrons. The zero-order chi connectivity index (χ0) is 9.47. The first-order valence-electron chi connectivity index (χ1n) is 4.78. The first kappa shape index (κ1) is 8.91. The summed E-state index contributed by atoms with van der Waals surface area (Å²) in [5.41, 5.74) is 0. The van der Waals surface area contributed by atoms with Crippen LogP contribution in [0.2, 0.25) is 0 Å². The van der Waals surface area contributed by atoms with E-state index in [4.69, 9.17) is 0 Å². The summed E-state index contributed by atoms with van der Waals surface area (Å²) in [6, 6.07) is -0.803. The van der Waals surface area contributed by atoms with Gasteiger partial charge in [0.15, 0.2) is 0 Å². The highest BCUT2D eigenvalue weighted by molar-refractivity contribution is 5.77. The molecule has 2 nitrogen and oxygen atoms in total. The fraction of sp³-hybridized carbons (Fsp3) is 0.889. The molecule has 2 aliphatic rings. The van der Waals surface area contributed by atoms with Crippen LogP contribution >= 0.6 is 0 Å². The third-order valence-corrected chi connectivity index (χ3v) is 2.98. The number of carbonyl (C=O) groups excluding carboxylic acids is 1. The van der Waals surface area contributed by atoms with Gasteiger partial charge >= 0.3 is 0 Å². The fourth-order valence-corrected chi connectivity index (χ4v) is 2.25. The number of nitrogens with zero attached hydrogens (tertiary/aromatic N) is 1. The number of hydrogen-bond donors (Lipinski definition) is 0. The molecule has 74 valence electrons. The molecule has 0 N–H and O–H groups in total. The molecule has 0 aliphatic carbocycles. The molecular weight excluding hydrogens is 176 g/mol. The molecule has 13 heavy (non-hydrogen) atoms. The number of fused-ring (bicyclic) bond motifs is 1. The number of alkyl halides is 2. The monoisotopic (exact) mass is 189 g/mol. The molecule has 0 aromatic rings. The van der Waals surface area contributed by atoms with Gasteiger partial charge in [-0.2, -0.15) is 0 Å². The van der Waals surface area contributed by atoms with Crippen molar-refractivity contribution in [2.75, 3.05) is 6.54 Å². The van der Waals surface area contributed by atoms with Crippen molar-refractivity contribution in [3.8, 4) is 0 Å². The van der Waals surface area contributed by atoms with Crippen LogP contribution in [0.1, 0.15) is 32.1 Å². The van der Waals surface area contributed by atoms with Gasteiger partial charge in [-0.15, -0.1) is 0 Å². The number of amides is 1. The predicted molar refractivity (Wildman–Crippen MR) is 43.5 cm³/mol. The van der Waals surface area contributed by atoms with Gasteiger partial charge in [0.2, 0.25) is 5.91 Å². The van der Waals surface area contributed by atoms with E-state index >= 15 is 0 Å². The summed E-state index contributed by atoms with van der Waals surface area (Å²) in [6.07, 6.45) is 1.93. The van der Waals surface area contributed by atoms with E-state index in [0.717, 1.165) is 12.8 Å². The van der Waals surface area contributed by atoms with Gasteiger partial charge in [-0.1, -0.05) is 0 Å². The normalized spacial score (nSPS) is 32.9. The molecule has 2 rings (SSSR count). The second-order valence-corrected chi connectivity index (χ2v) is 3.86. The van der Waals surface area contributed by atoms with Gasteiger partial charge in [0, 0.05) is 19.4 Å². The Morgan fingerprint density at radius 3 is 2.85 bits per heavy atom. The lowest BCUT2D eigenvalue weighted by atomic mass is 9.89. The minimum Gasteiger partial charge on any atom is -0.334 e. The number of carbonyl (C=O) groups is 1. The zero-order valence-electron chi connectivity index (χ0n) is 7.43. The second-order valence-electron chi connectivity index (χ2n) is 3.86. The maximum atomic E-state index is 13.3. The summed E-state index contributed by atoms with van der Waals surface area (Å²) >= 11 is 0. The fourth-order valence-electron chi connectivity index (χ4n) is 2.25. The molecule has 0 aromatic heterocycles. The predicted octanol–water partition coefficient (Wildman–Crippen LogP) is 1.80. The summed E-state index contributed by atoms with van der Waals surface area (Å²) in [5.74, 6) is -2.73. The minimum atomic E-state index is -2.64. The van der Waals surface area contributed by atoms with E-state index in [1.54, 1.807) is 0 Å². The average Bonchev–Trinajstić information content (AvgIpc) is 2.13. The Kier molecular flexibility index (Phi) is 2.00. The molecule has 0 spiro atoms. The van der Waals surface area contributed by atoms with Crippen molar-refractivity contribution in [3.05, 3.63) is 0 Å². The van der Waals surface area contributed by atoms with Gasteiger partial charge < -0.3 is 4.90 Å². The number of rotatable bonds is 0. The highest BCUT2D eigenvalue weighted by Gasteiger charge is 2.49. The molecule has 0 saturated carbocycles. The first-order valence-corrected chi connectivity index (χ1v) is 4.78. The summed E-state index contributed by atoms with van der Waals surface area (Å²) in [7, 11) is 0. The van der Waals surface area contributed by atoms with Gasteiger partial charge in [-0.05, 0) is 19.3 Å². The summed E-state index contributed by atoms with van der Waals surface area (Å²) in [5, 5.41) is 0. The number of hydrogen-bond acceptors (Lipinski definition) is 1. The molecule has 1 unspecified atom stereocenters. The quantitative estimate of drug-likeness (QED) is 0.569. The number of halogens is 2. The van der Waals surface area contributed by atoms with Crippen LogP contribution in [-0.2, 0) is 4.79 Å². The Morgan fingerprint density at radius 1 is 1.38 bits per heavy atom. The second kappa shape index (κ2) is 2.93. The highest BCUT2D eigenvalue weighted by Crippen LogP contribution is 2.38. The van der Waals surface area contributed by atoms with E-state index in [-0.39, 0.29) is 18.7 Å². The van der Waals surface area contributed by atoms with Crippen LogP contribution in [0.4, 0.5) is 8.78 Å². The van der Waals surface area contributed by atoms with Crippen molar-refractivity contribution in [3.63, 3.8) is 0 Å². The molecule has 2 fully saturated rings. The van der Waals surface area contributed by atoms with E-state index in [0.29, 0.717) is 13.0 Å². The van der Waals surface area contributed by atoms with E-state index in [2.05, 4.69) is 0 Å². The van der Waals surface area contributed by atoms with Gasteiger partial charge in [0.25, 0.3) is 5.92 Å². The molecule has 4 heteroatoms. The Balaban J connectivity index is 2.19. The first-order chi connectivity index (χ1) is 6.11. The van der Waals surface area contributed by atoms with Gasteiger partial charge in [0.05, 0.1) is 6.04 Å².